The Labute approximate surface area is 111 Å². The van der Waals surface area contributed by atoms with Crippen molar-refractivity contribution < 1.29 is 14.6 Å². The maximum absolute atomic E-state index is 10.9. The second-order valence-corrected chi connectivity index (χ2v) is 5.01. The monoisotopic (exact) mass is 260 g/mol. The first-order chi connectivity index (χ1) is 8.96. The molecular formula is C14H16N2O3. The zero-order chi connectivity index (χ0) is 14.0. The van der Waals surface area contributed by atoms with Crippen molar-refractivity contribution in [2.24, 2.45) is 0 Å². The first-order valence-corrected chi connectivity index (χ1v) is 6.09. The maximum atomic E-state index is 10.9. The molecule has 2 N–H and O–H groups in total. The van der Waals surface area contributed by atoms with Crippen LogP contribution in [0.15, 0.2) is 12.1 Å². The largest absolute Gasteiger partial charge is 0.483 e. The summed E-state index contributed by atoms with van der Waals surface area (Å²) in [5.41, 5.74) is 1.62. The number of carboxylic acids is 1. The molecule has 100 valence electrons. The molecule has 1 aliphatic rings. The van der Waals surface area contributed by atoms with E-state index in [4.69, 9.17) is 15.1 Å². The highest BCUT2D eigenvalue weighted by molar-refractivity contribution is 5.68. The van der Waals surface area contributed by atoms with E-state index in [1.165, 1.54) is 0 Å². The van der Waals surface area contributed by atoms with E-state index in [1.54, 1.807) is 12.1 Å². The van der Waals surface area contributed by atoms with E-state index in [1.807, 2.05) is 13.8 Å². The van der Waals surface area contributed by atoms with Crippen LogP contribution in [0, 0.1) is 25.2 Å². The van der Waals surface area contributed by atoms with Crippen molar-refractivity contribution in [1.82, 2.24) is 5.32 Å². The minimum Gasteiger partial charge on any atom is -0.483 e. The van der Waals surface area contributed by atoms with Crippen molar-refractivity contribution in [3.05, 3.63) is 28.8 Å². The molecule has 0 spiro atoms. The van der Waals surface area contributed by atoms with Gasteiger partial charge in [0.15, 0.2) is 0 Å². The number of aliphatic carboxylic acids is 1. The van der Waals surface area contributed by atoms with Crippen LogP contribution in [0.25, 0.3) is 0 Å². The van der Waals surface area contributed by atoms with Gasteiger partial charge >= 0.3 is 5.97 Å². The molecule has 1 aliphatic heterocycles. The number of carboxylic acid groups (broad SMARTS) is 1. The minimum absolute atomic E-state index is 0.0289. The van der Waals surface area contributed by atoms with Crippen molar-refractivity contribution in [3.8, 4) is 11.8 Å². The second kappa shape index (κ2) is 4.90. The van der Waals surface area contributed by atoms with Gasteiger partial charge in [-0.3, -0.25) is 4.79 Å². The molecule has 0 atom stereocenters. The molecule has 1 aromatic rings. The molecular weight excluding hydrogens is 244 g/mol. The maximum Gasteiger partial charge on any atom is 0.307 e. The smallest absolute Gasteiger partial charge is 0.307 e. The van der Waals surface area contributed by atoms with Gasteiger partial charge in [-0.25, -0.2) is 0 Å². The van der Waals surface area contributed by atoms with Crippen molar-refractivity contribution in [3.63, 3.8) is 0 Å². The molecule has 0 bridgehead atoms. The summed E-state index contributed by atoms with van der Waals surface area (Å²) in [5.74, 6) is -0.188. The van der Waals surface area contributed by atoms with Crippen molar-refractivity contribution in [1.29, 1.82) is 5.26 Å². The molecule has 2 rings (SSSR count). The average molecular weight is 260 g/mol. The van der Waals surface area contributed by atoms with Crippen LogP contribution in [0.3, 0.4) is 0 Å². The van der Waals surface area contributed by atoms with Crippen LogP contribution >= 0.6 is 0 Å². The van der Waals surface area contributed by atoms with Gasteiger partial charge in [-0.1, -0.05) is 0 Å². The van der Waals surface area contributed by atoms with Crippen LogP contribution in [-0.4, -0.2) is 29.8 Å². The van der Waals surface area contributed by atoms with E-state index < -0.39 is 11.6 Å². The van der Waals surface area contributed by atoms with Crippen LogP contribution in [0.2, 0.25) is 0 Å². The van der Waals surface area contributed by atoms with Crippen molar-refractivity contribution >= 4 is 5.97 Å². The van der Waals surface area contributed by atoms with Gasteiger partial charge in [0.1, 0.15) is 11.4 Å². The van der Waals surface area contributed by atoms with Crippen LogP contribution in [0.1, 0.15) is 23.1 Å². The fourth-order valence-corrected chi connectivity index (χ4v) is 2.31. The van der Waals surface area contributed by atoms with Crippen LogP contribution < -0.4 is 10.1 Å². The fraction of sp³-hybridized carbons (Fsp3) is 0.429. The van der Waals surface area contributed by atoms with Crippen molar-refractivity contribution in [2.75, 3.05) is 13.1 Å². The average Bonchev–Trinajstić information content (AvgIpc) is 2.29. The number of ether oxygens (including phenoxy) is 1. The van der Waals surface area contributed by atoms with Crippen LogP contribution in [0.4, 0.5) is 0 Å². The summed E-state index contributed by atoms with van der Waals surface area (Å²) < 4.78 is 5.96. The summed E-state index contributed by atoms with van der Waals surface area (Å²) in [5, 5.41) is 20.9. The molecule has 0 unspecified atom stereocenters. The van der Waals surface area contributed by atoms with Gasteiger partial charge in [-0.05, 0) is 37.1 Å². The van der Waals surface area contributed by atoms with E-state index in [-0.39, 0.29) is 6.42 Å². The summed E-state index contributed by atoms with van der Waals surface area (Å²) in [6.07, 6.45) is -0.0289. The van der Waals surface area contributed by atoms with Crippen LogP contribution in [-0.2, 0) is 4.79 Å². The lowest BCUT2D eigenvalue weighted by atomic mass is 9.92. The van der Waals surface area contributed by atoms with Gasteiger partial charge in [-0.2, -0.15) is 5.26 Å². The highest BCUT2D eigenvalue weighted by atomic mass is 16.5. The van der Waals surface area contributed by atoms with Gasteiger partial charge in [0.05, 0.1) is 18.1 Å². The Bertz CT molecular complexity index is 533. The highest BCUT2D eigenvalue weighted by Crippen LogP contribution is 2.31. The number of hydrogen-bond donors (Lipinski definition) is 2. The topological polar surface area (TPSA) is 82.3 Å². The molecule has 19 heavy (non-hydrogen) atoms. The number of aryl methyl sites for hydroxylation is 2. The Kier molecular flexibility index (Phi) is 3.45. The third-order valence-electron chi connectivity index (χ3n) is 3.28. The predicted octanol–water partition coefficient (Wildman–Crippen LogP) is 1.37. The first-order valence-electron chi connectivity index (χ1n) is 6.09. The second-order valence-electron chi connectivity index (χ2n) is 5.01. The number of benzene rings is 1. The van der Waals surface area contributed by atoms with Gasteiger partial charge < -0.3 is 15.2 Å². The highest BCUT2D eigenvalue weighted by Gasteiger charge is 2.42. The Morgan fingerprint density at radius 1 is 1.47 bits per heavy atom. The molecule has 1 heterocycles. The summed E-state index contributed by atoms with van der Waals surface area (Å²) in [7, 11) is 0. The number of carbonyl (C=O) groups is 1. The summed E-state index contributed by atoms with van der Waals surface area (Å²) >= 11 is 0. The molecule has 1 fully saturated rings. The quantitative estimate of drug-likeness (QED) is 0.854. The fourth-order valence-electron chi connectivity index (χ4n) is 2.31. The van der Waals surface area contributed by atoms with E-state index in [9.17, 15) is 4.79 Å². The summed E-state index contributed by atoms with van der Waals surface area (Å²) in [6, 6.07) is 5.60. The Hall–Kier alpha value is -2.06. The summed E-state index contributed by atoms with van der Waals surface area (Å²) in [4.78, 5) is 10.9. The zero-order valence-electron chi connectivity index (χ0n) is 11.0. The molecule has 0 aliphatic carbocycles. The minimum atomic E-state index is -0.870. The lowest BCUT2D eigenvalue weighted by Crippen LogP contribution is -2.64. The molecule has 1 saturated heterocycles. The first kappa shape index (κ1) is 13.4. The summed E-state index contributed by atoms with van der Waals surface area (Å²) in [6.45, 7) is 4.78. The normalized spacial score (nSPS) is 16.3. The van der Waals surface area contributed by atoms with E-state index in [0.29, 0.717) is 24.4 Å². The third-order valence-corrected chi connectivity index (χ3v) is 3.28. The van der Waals surface area contributed by atoms with E-state index in [2.05, 4.69) is 11.4 Å². The molecule has 0 aromatic heterocycles. The molecule has 0 amide bonds. The number of nitrogens with zero attached hydrogens (tertiary/aromatic N) is 1. The third kappa shape index (κ3) is 2.69. The molecule has 5 heteroatoms. The standard InChI is InChI=1S/C14H16N2O3/c1-9-3-11(6-15)4-10(2)13(9)19-14(5-12(17)18)7-16-8-14/h3-4,16H,5,7-8H2,1-2H3,(H,17,18). The van der Waals surface area contributed by atoms with Gasteiger partial charge in [0.25, 0.3) is 0 Å². The van der Waals surface area contributed by atoms with E-state index in [0.717, 1.165) is 11.1 Å². The molecule has 0 saturated carbocycles. The Balaban J connectivity index is 2.28. The Morgan fingerprint density at radius 3 is 2.42 bits per heavy atom. The van der Waals surface area contributed by atoms with Gasteiger partial charge in [0, 0.05) is 13.1 Å². The SMILES string of the molecule is Cc1cc(C#N)cc(C)c1OC1(CC(=O)O)CNC1. The Morgan fingerprint density at radius 2 is 2.05 bits per heavy atom. The van der Waals surface area contributed by atoms with Gasteiger partial charge in [-0.15, -0.1) is 0 Å². The predicted molar refractivity (Wildman–Crippen MR) is 69.1 cm³/mol. The zero-order valence-corrected chi connectivity index (χ0v) is 11.0. The van der Waals surface area contributed by atoms with Gasteiger partial charge in [0.2, 0.25) is 0 Å². The number of rotatable bonds is 4. The molecule has 0 radical (unpaired) electrons. The number of nitrogens with one attached hydrogen (secondary N) is 1. The van der Waals surface area contributed by atoms with E-state index >= 15 is 0 Å². The lowest BCUT2D eigenvalue weighted by Gasteiger charge is -2.42. The number of nitriles is 1. The molecule has 5 nitrogen and oxygen atoms in total. The van der Waals surface area contributed by atoms with Crippen molar-refractivity contribution in [2.45, 2.75) is 25.9 Å². The van der Waals surface area contributed by atoms with Crippen LogP contribution in [0.5, 0.6) is 5.75 Å². The number of hydrogen-bond acceptors (Lipinski definition) is 4. The lowest BCUT2D eigenvalue weighted by molar-refractivity contribution is -0.143. The molecule has 1 aromatic carbocycles.